The molecule has 3 unspecified atom stereocenters. The molecule has 0 saturated heterocycles. The van der Waals surface area contributed by atoms with Crippen molar-refractivity contribution in [2.75, 3.05) is 40.9 Å². The number of likely N-dealkylation sites (N-methyl/N-ethyl adjacent to an activating group) is 1. The highest BCUT2D eigenvalue weighted by Crippen LogP contribution is 2.38. The molecule has 10 heteroatoms. The van der Waals surface area contributed by atoms with Gasteiger partial charge >= 0.3 is 5.97 Å². The summed E-state index contributed by atoms with van der Waals surface area (Å²) in [6, 6.07) is -0.902. The summed E-state index contributed by atoms with van der Waals surface area (Å²) >= 11 is 0. The topological polar surface area (TPSA) is 114 Å². The van der Waals surface area contributed by atoms with Crippen molar-refractivity contribution >= 4 is 19.7 Å². The zero-order chi connectivity index (χ0) is 62.8. The van der Waals surface area contributed by atoms with Crippen molar-refractivity contribution in [2.24, 2.45) is 0 Å². The second-order valence-corrected chi connectivity index (χ2v) is 26.8. The quantitative estimate of drug-likeness (QED) is 0.0212. The Balaban J connectivity index is 5.05. The van der Waals surface area contributed by atoms with Gasteiger partial charge in [-0.25, -0.2) is 0 Å². The molecular formula is C76H137N2O7P. The largest absolute Gasteiger partial charge is 0.756 e. The lowest BCUT2D eigenvalue weighted by Gasteiger charge is -2.30. The smallest absolute Gasteiger partial charge is 0.306 e. The van der Waals surface area contributed by atoms with Gasteiger partial charge < -0.3 is 28.5 Å². The van der Waals surface area contributed by atoms with Crippen LogP contribution in [-0.2, 0) is 27.9 Å². The zero-order valence-corrected chi connectivity index (χ0v) is 57.9. The second-order valence-electron chi connectivity index (χ2n) is 25.4. The number of unbranched alkanes of at least 4 members (excludes halogenated alkanes) is 35. The fourth-order valence-corrected chi connectivity index (χ4v) is 11.0. The van der Waals surface area contributed by atoms with E-state index in [2.05, 4.69) is 111 Å². The van der Waals surface area contributed by atoms with Gasteiger partial charge in [0.05, 0.1) is 33.8 Å². The van der Waals surface area contributed by atoms with Crippen molar-refractivity contribution in [3.8, 4) is 0 Å². The predicted octanol–water partition coefficient (Wildman–Crippen LogP) is 22.4. The molecule has 0 bridgehead atoms. The van der Waals surface area contributed by atoms with Crippen molar-refractivity contribution in [1.82, 2.24) is 5.32 Å². The molecule has 498 valence electrons. The molecule has 0 rings (SSSR count). The van der Waals surface area contributed by atoms with Crippen LogP contribution in [0.5, 0.6) is 0 Å². The Morgan fingerprint density at radius 3 is 1.14 bits per heavy atom. The minimum Gasteiger partial charge on any atom is -0.756 e. The highest BCUT2D eigenvalue weighted by atomic mass is 31.2. The van der Waals surface area contributed by atoms with Crippen LogP contribution in [-0.4, -0.2) is 69.4 Å². The van der Waals surface area contributed by atoms with Crippen LogP contribution in [0.3, 0.4) is 0 Å². The number of quaternary nitrogens is 1. The summed E-state index contributed by atoms with van der Waals surface area (Å²) in [6.07, 6.45) is 88.2. The Kier molecular flexibility index (Phi) is 62.6. The molecule has 9 nitrogen and oxygen atoms in total. The van der Waals surface area contributed by atoms with E-state index in [0.29, 0.717) is 23.9 Å². The van der Waals surface area contributed by atoms with Crippen LogP contribution in [0.15, 0.2) is 97.2 Å². The minimum absolute atomic E-state index is 0.0285. The van der Waals surface area contributed by atoms with Crippen LogP contribution in [0.25, 0.3) is 0 Å². The van der Waals surface area contributed by atoms with E-state index < -0.39 is 26.6 Å². The average Bonchev–Trinajstić information content (AvgIpc) is 3.69. The number of esters is 1. The fraction of sp³-hybridized carbons (Fsp3) is 0.763. The SMILES string of the molecule is CC/C=C\C/C=C\C/C=C\C/C=C\C/C=C\CCCCCCCC(=O)OC(/C=C\CCCCCCCCCCCC)C(COP(=O)([O-])OCC[N+](C)(C)C)NC(=O)CCCCCCCCCCCCCCCCCCC/C=C\C/C=C\CCCCC. The summed E-state index contributed by atoms with van der Waals surface area (Å²) < 4.78 is 30.4. The van der Waals surface area contributed by atoms with Crippen molar-refractivity contribution in [3.05, 3.63) is 97.2 Å². The maximum absolute atomic E-state index is 13.6. The van der Waals surface area contributed by atoms with E-state index in [9.17, 15) is 19.0 Å². The summed E-state index contributed by atoms with van der Waals surface area (Å²) in [5.41, 5.74) is 0. The van der Waals surface area contributed by atoms with Crippen LogP contribution in [0.2, 0.25) is 0 Å². The van der Waals surface area contributed by atoms with Crippen molar-refractivity contribution in [3.63, 3.8) is 0 Å². The van der Waals surface area contributed by atoms with E-state index in [1.54, 1.807) is 0 Å². The highest BCUT2D eigenvalue weighted by molar-refractivity contribution is 7.45. The molecule has 0 heterocycles. The fourth-order valence-electron chi connectivity index (χ4n) is 10.2. The Morgan fingerprint density at radius 1 is 0.419 bits per heavy atom. The molecule has 0 saturated carbocycles. The summed E-state index contributed by atoms with van der Waals surface area (Å²) in [7, 11) is 1.17. The second kappa shape index (κ2) is 64.9. The number of carbonyl (C=O) groups is 2. The van der Waals surface area contributed by atoms with Gasteiger partial charge in [-0.1, -0.05) is 298 Å². The molecule has 3 atom stereocenters. The number of allylic oxidation sites excluding steroid dienone is 15. The molecule has 0 aromatic heterocycles. The van der Waals surface area contributed by atoms with Gasteiger partial charge in [0.1, 0.15) is 19.3 Å². The summed E-state index contributed by atoms with van der Waals surface area (Å²) in [4.78, 5) is 40.2. The van der Waals surface area contributed by atoms with Gasteiger partial charge in [0.2, 0.25) is 5.91 Å². The molecule has 0 fully saturated rings. The number of phosphoric ester groups is 1. The molecule has 0 aliphatic heterocycles. The maximum atomic E-state index is 13.6. The van der Waals surface area contributed by atoms with E-state index in [1.165, 1.54) is 173 Å². The van der Waals surface area contributed by atoms with E-state index in [-0.39, 0.29) is 24.9 Å². The first-order valence-electron chi connectivity index (χ1n) is 36.0. The molecule has 0 aromatic carbocycles. The molecule has 1 amide bonds. The molecule has 0 aliphatic carbocycles. The third-order valence-electron chi connectivity index (χ3n) is 15.7. The Morgan fingerprint density at radius 2 is 0.744 bits per heavy atom. The zero-order valence-electron chi connectivity index (χ0n) is 57.0. The van der Waals surface area contributed by atoms with Crippen LogP contribution >= 0.6 is 7.82 Å². The average molecular weight is 1220 g/mol. The number of ether oxygens (including phenoxy) is 1. The monoisotopic (exact) mass is 1220 g/mol. The number of hydrogen-bond donors (Lipinski definition) is 1. The van der Waals surface area contributed by atoms with Crippen LogP contribution < -0.4 is 10.2 Å². The summed E-state index contributed by atoms with van der Waals surface area (Å²) in [5, 5.41) is 3.04. The van der Waals surface area contributed by atoms with E-state index in [0.717, 1.165) is 109 Å². The predicted molar refractivity (Wildman–Crippen MR) is 371 cm³/mol. The highest BCUT2D eigenvalue weighted by Gasteiger charge is 2.27. The first-order chi connectivity index (χ1) is 41.9. The van der Waals surface area contributed by atoms with E-state index >= 15 is 0 Å². The van der Waals surface area contributed by atoms with Gasteiger partial charge in [-0.3, -0.25) is 14.2 Å². The van der Waals surface area contributed by atoms with Crippen molar-refractivity contribution in [2.45, 2.75) is 335 Å². The first kappa shape index (κ1) is 82.9. The number of nitrogens with one attached hydrogen (secondary N) is 1. The lowest BCUT2D eigenvalue weighted by atomic mass is 10.0. The number of carbonyl (C=O) groups excluding carboxylic acids is 2. The van der Waals surface area contributed by atoms with Gasteiger partial charge in [-0.2, -0.15) is 0 Å². The molecule has 0 aromatic rings. The first-order valence-corrected chi connectivity index (χ1v) is 37.5. The molecule has 1 N–H and O–H groups in total. The van der Waals surface area contributed by atoms with Gasteiger partial charge in [0, 0.05) is 12.8 Å². The summed E-state index contributed by atoms with van der Waals surface area (Å²) in [5.74, 6) is -0.557. The van der Waals surface area contributed by atoms with Crippen molar-refractivity contribution < 1.29 is 37.3 Å². The molecule has 0 spiro atoms. The normalized spacial score (nSPS) is 14.1. The minimum atomic E-state index is -4.71. The van der Waals surface area contributed by atoms with Crippen LogP contribution in [0, 0.1) is 0 Å². The van der Waals surface area contributed by atoms with Gasteiger partial charge in [0.25, 0.3) is 7.82 Å². The number of phosphoric acid groups is 1. The van der Waals surface area contributed by atoms with Gasteiger partial charge in [0.15, 0.2) is 0 Å². The Hall–Kier alpha value is -3.07. The molecule has 0 aliphatic rings. The van der Waals surface area contributed by atoms with Gasteiger partial charge in [-0.05, 0) is 109 Å². The van der Waals surface area contributed by atoms with E-state index in [1.807, 2.05) is 33.3 Å². The number of hydrogen-bond acceptors (Lipinski definition) is 7. The number of nitrogens with zero attached hydrogens (tertiary/aromatic N) is 1. The van der Waals surface area contributed by atoms with Crippen LogP contribution in [0.4, 0.5) is 0 Å². The standard InChI is InChI=1S/C76H137N2O7P/c1-7-10-13-16-19-22-25-28-30-32-34-36-37-38-39-40-41-43-44-46-48-50-53-56-59-62-65-68-75(79)77-73(72-84-86(81,82)83-71-70-78(4,5)6)74(67-64-61-58-55-52-27-24-21-18-15-12-9-3)85-76(80)69-66-63-60-57-54-51-49-47-45-42-35-33-31-29-26-23-20-17-14-11-8-2/h11,14,19-20,22-23,28-31,35,42,47,49,64,67,73-74H,7-10,12-13,15-18,21,24-27,32-34,36-41,43-46,48,50-63,65-66,68-72H2,1-6H3,(H-,77,79,81,82)/b14-11-,22-19-,23-20-,30-28-,31-29-,42-35-,49-47-,67-64-. The number of rotatable bonds is 65. The third kappa shape index (κ3) is 65.4. The maximum Gasteiger partial charge on any atom is 0.306 e. The van der Waals surface area contributed by atoms with E-state index in [4.69, 9.17) is 13.8 Å². The molecule has 0 radical (unpaired) electrons. The lowest BCUT2D eigenvalue weighted by molar-refractivity contribution is -0.870. The summed E-state index contributed by atoms with van der Waals surface area (Å²) in [6.45, 7) is 6.72. The third-order valence-corrected chi connectivity index (χ3v) is 16.7. The number of amides is 1. The van der Waals surface area contributed by atoms with Gasteiger partial charge in [-0.15, -0.1) is 0 Å². The Labute approximate surface area is 532 Å². The van der Waals surface area contributed by atoms with Crippen LogP contribution in [0.1, 0.15) is 323 Å². The molecule has 86 heavy (non-hydrogen) atoms. The lowest BCUT2D eigenvalue weighted by Crippen LogP contribution is -2.47. The Bertz CT molecular complexity index is 1790. The molecular weight excluding hydrogens is 1080 g/mol. The van der Waals surface area contributed by atoms with Crippen molar-refractivity contribution in [1.29, 1.82) is 0 Å².